The molecule has 0 radical (unpaired) electrons. The zero-order valence-electron chi connectivity index (χ0n) is 12.8. The van der Waals surface area contributed by atoms with Gasteiger partial charge < -0.3 is 10.2 Å². The number of likely N-dealkylation sites (tertiary alicyclic amines) is 1. The number of carbonyl (C=O) groups is 3. The van der Waals surface area contributed by atoms with Crippen LogP contribution in [0.15, 0.2) is 35.2 Å². The molecular formula is C15H17N3O5S. The molecule has 0 saturated carbocycles. The first kappa shape index (κ1) is 16.4. The topological polar surface area (TPSA) is 104 Å². The summed E-state index contributed by atoms with van der Waals surface area (Å²) in [6, 6.07) is 7.21. The first-order valence-corrected chi connectivity index (χ1v) is 9.19. The molecular weight excluding hydrogens is 334 g/mol. The van der Waals surface area contributed by atoms with Gasteiger partial charge >= 0.3 is 6.03 Å². The molecule has 4 amide bonds. The summed E-state index contributed by atoms with van der Waals surface area (Å²) in [4.78, 5) is 38.0. The van der Waals surface area contributed by atoms with Crippen molar-refractivity contribution in [3.63, 3.8) is 0 Å². The summed E-state index contributed by atoms with van der Waals surface area (Å²) in [7, 11) is -3.50. The summed E-state index contributed by atoms with van der Waals surface area (Å²) in [5.74, 6) is -0.860. The standard InChI is InChI=1S/C15H17N3O5S/c19-13(6-7-24(22,23)12-4-2-1-3-5-12)17-9-11(10-17)18-14(20)8-16-15(18)21/h1-5,11H,6-10H2,(H,16,21). The molecule has 0 aromatic heterocycles. The van der Waals surface area contributed by atoms with E-state index < -0.39 is 15.9 Å². The van der Waals surface area contributed by atoms with Gasteiger partial charge in [-0.3, -0.25) is 14.5 Å². The molecule has 24 heavy (non-hydrogen) atoms. The highest BCUT2D eigenvalue weighted by Gasteiger charge is 2.42. The van der Waals surface area contributed by atoms with Crippen LogP contribution in [0.4, 0.5) is 4.79 Å². The zero-order chi connectivity index (χ0) is 17.3. The second kappa shape index (κ2) is 6.23. The highest BCUT2D eigenvalue weighted by Crippen LogP contribution is 2.19. The lowest BCUT2D eigenvalue weighted by Gasteiger charge is -2.42. The van der Waals surface area contributed by atoms with Crippen molar-refractivity contribution < 1.29 is 22.8 Å². The van der Waals surface area contributed by atoms with Gasteiger partial charge in [0.2, 0.25) is 11.8 Å². The maximum atomic E-state index is 12.1. The monoisotopic (exact) mass is 351 g/mol. The normalized spacial score (nSPS) is 18.5. The van der Waals surface area contributed by atoms with Crippen molar-refractivity contribution in [1.82, 2.24) is 15.1 Å². The molecule has 9 heteroatoms. The Morgan fingerprint density at radius 2 is 1.83 bits per heavy atom. The Balaban J connectivity index is 1.51. The van der Waals surface area contributed by atoms with Gasteiger partial charge in [0.15, 0.2) is 9.84 Å². The van der Waals surface area contributed by atoms with Crippen LogP contribution in [0.25, 0.3) is 0 Å². The van der Waals surface area contributed by atoms with Gasteiger partial charge in [0.25, 0.3) is 0 Å². The van der Waals surface area contributed by atoms with E-state index in [4.69, 9.17) is 0 Å². The van der Waals surface area contributed by atoms with Crippen LogP contribution in [0.1, 0.15) is 6.42 Å². The number of benzene rings is 1. The van der Waals surface area contributed by atoms with Gasteiger partial charge in [-0.1, -0.05) is 18.2 Å². The van der Waals surface area contributed by atoms with Crippen molar-refractivity contribution in [3.8, 4) is 0 Å². The van der Waals surface area contributed by atoms with Gasteiger partial charge in [0.1, 0.15) is 0 Å². The number of imide groups is 1. The van der Waals surface area contributed by atoms with Crippen molar-refractivity contribution in [2.24, 2.45) is 0 Å². The summed E-state index contributed by atoms with van der Waals surface area (Å²) in [5.41, 5.74) is 0. The van der Waals surface area contributed by atoms with Crippen molar-refractivity contribution >= 4 is 27.7 Å². The Kier molecular flexibility index (Phi) is 4.27. The summed E-state index contributed by atoms with van der Waals surface area (Å²) >= 11 is 0. The SMILES string of the molecule is O=C(CCS(=O)(=O)c1ccccc1)N1CC(N2C(=O)CNC2=O)C1. The minimum absolute atomic E-state index is 0.0153. The molecule has 8 nitrogen and oxygen atoms in total. The van der Waals surface area contributed by atoms with Crippen LogP contribution in [0.3, 0.4) is 0 Å². The number of carbonyl (C=O) groups excluding carboxylic acids is 3. The number of hydrogen-bond acceptors (Lipinski definition) is 5. The van der Waals surface area contributed by atoms with Crippen molar-refractivity contribution in [1.29, 1.82) is 0 Å². The molecule has 0 atom stereocenters. The zero-order valence-corrected chi connectivity index (χ0v) is 13.7. The van der Waals surface area contributed by atoms with Gasteiger partial charge in [-0.2, -0.15) is 0 Å². The van der Waals surface area contributed by atoms with Gasteiger partial charge in [-0.05, 0) is 12.1 Å². The highest BCUT2D eigenvalue weighted by atomic mass is 32.2. The maximum absolute atomic E-state index is 12.1. The summed E-state index contributed by atoms with van der Waals surface area (Å²) in [6.07, 6.45) is -0.121. The minimum atomic E-state index is -3.50. The van der Waals surface area contributed by atoms with Crippen molar-refractivity contribution in [3.05, 3.63) is 30.3 Å². The maximum Gasteiger partial charge on any atom is 0.324 e. The molecule has 0 bridgehead atoms. The molecule has 3 rings (SSSR count). The molecule has 2 heterocycles. The molecule has 128 valence electrons. The van der Waals surface area contributed by atoms with Crippen LogP contribution in [-0.4, -0.2) is 67.5 Å². The lowest BCUT2D eigenvalue weighted by atomic mass is 10.1. The molecule has 2 saturated heterocycles. The molecule has 2 aliphatic heterocycles. The fraction of sp³-hybridized carbons (Fsp3) is 0.400. The Morgan fingerprint density at radius 3 is 2.42 bits per heavy atom. The largest absolute Gasteiger partial charge is 0.338 e. The number of hydrogen-bond donors (Lipinski definition) is 1. The van der Waals surface area contributed by atoms with Crippen LogP contribution in [-0.2, 0) is 19.4 Å². The number of nitrogens with zero attached hydrogens (tertiary/aromatic N) is 2. The number of urea groups is 1. The van der Waals surface area contributed by atoms with Crippen molar-refractivity contribution in [2.75, 3.05) is 25.4 Å². The number of amides is 4. The van der Waals surface area contributed by atoms with E-state index in [1.807, 2.05) is 0 Å². The van der Waals surface area contributed by atoms with E-state index >= 15 is 0 Å². The van der Waals surface area contributed by atoms with Gasteiger partial charge in [-0.25, -0.2) is 13.2 Å². The molecule has 2 aliphatic rings. The molecule has 0 unspecified atom stereocenters. The molecule has 0 spiro atoms. The quantitative estimate of drug-likeness (QED) is 0.728. The van der Waals surface area contributed by atoms with E-state index in [1.165, 1.54) is 17.0 Å². The molecule has 1 aromatic carbocycles. The molecule has 1 N–H and O–H groups in total. The van der Waals surface area contributed by atoms with Crippen molar-refractivity contribution in [2.45, 2.75) is 17.4 Å². The third kappa shape index (κ3) is 3.12. The van der Waals surface area contributed by atoms with Gasteiger partial charge in [-0.15, -0.1) is 0 Å². The molecule has 0 aliphatic carbocycles. The van der Waals surface area contributed by atoms with Gasteiger partial charge in [0.05, 0.1) is 23.2 Å². The summed E-state index contributed by atoms with van der Waals surface area (Å²) in [6.45, 7) is 0.491. The third-order valence-corrected chi connectivity index (χ3v) is 5.88. The van der Waals surface area contributed by atoms with Gasteiger partial charge in [0, 0.05) is 19.5 Å². The first-order chi connectivity index (χ1) is 11.4. The fourth-order valence-electron chi connectivity index (χ4n) is 2.75. The Hall–Kier alpha value is -2.42. The number of rotatable bonds is 5. The summed E-state index contributed by atoms with van der Waals surface area (Å²) < 4.78 is 24.3. The molecule has 2 fully saturated rings. The van der Waals surface area contributed by atoms with E-state index in [0.717, 1.165) is 4.90 Å². The Bertz CT molecular complexity index is 756. The van der Waals surface area contributed by atoms with E-state index in [9.17, 15) is 22.8 Å². The number of sulfone groups is 1. The smallest absolute Gasteiger partial charge is 0.324 e. The second-order valence-corrected chi connectivity index (χ2v) is 7.87. The molecule has 1 aromatic rings. The van der Waals surface area contributed by atoms with Crippen LogP contribution in [0.5, 0.6) is 0 Å². The summed E-state index contributed by atoms with van der Waals surface area (Å²) in [5, 5.41) is 2.43. The van der Waals surface area contributed by atoms with Crippen LogP contribution in [0.2, 0.25) is 0 Å². The average Bonchev–Trinajstić information content (AvgIpc) is 2.85. The third-order valence-electron chi connectivity index (χ3n) is 4.15. The predicted molar refractivity (Wildman–Crippen MR) is 83.7 cm³/mol. The van der Waals surface area contributed by atoms with E-state index in [2.05, 4.69) is 5.32 Å². The second-order valence-electron chi connectivity index (χ2n) is 5.76. The van der Waals surface area contributed by atoms with Crippen LogP contribution in [0, 0.1) is 0 Å². The Morgan fingerprint density at radius 1 is 1.17 bits per heavy atom. The van der Waals surface area contributed by atoms with Crippen LogP contribution >= 0.6 is 0 Å². The van der Waals surface area contributed by atoms with E-state index in [-0.39, 0.29) is 54.6 Å². The average molecular weight is 351 g/mol. The lowest BCUT2D eigenvalue weighted by Crippen LogP contribution is -2.62. The fourth-order valence-corrected chi connectivity index (χ4v) is 4.00. The Labute approximate surface area is 139 Å². The minimum Gasteiger partial charge on any atom is -0.338 e. The van der Waals surface area contributed by atoms with E-state index in [1.54, 1.807) is 18.2 Å². The van der Waals surface area contributed by atoms with Crippen LogP contribution < -0.4 is 5.32 Å². The lowest BCUT2D eigenvalue weighted by molar-refractivity contribution is -0.141. The predicted octanol–water partition coefficient (Wildman–Crippen LogP) is -0.387. The highest BCUT2D eigenvalue weighted by molar-refractivity contribution is 7.91. The first-order valence-electron chi connectivity index (χ1n) is 7.54. The van der Waals surface area contributed by atoms with E-state index in [0.29, 0.717) is 0 Å². The number of nitrogens with one attached hydrogen (secondary N) is 1.